The van der Waals surface area contributed by atoms with Crippen LogP contribution in [0.25, 0.3) is 0 Å². The van der Waals surface area contributed by atoms with Crippen molar-refractivity contribution in [3.63, 3.8) is 0 Å². The van der Waals surface area contributed by atoms with E-state index in [9.17, 15) is 4.79 Å². The molecule has 0 radical (unpaired) electrons. The molecule has 0 spiro atoms. The Balaban J connectivity index is 2.19. The van der Waals surface area contributed by atoms with E-state index in [4.69, 9.17) is 23.2 Å². The van der Waals surface area contributed by atoms with Gasteiger partial charge >= 0.3 is 0 Å². The molecule has 19 heavy (non-hydrogen) atoms. The van der Waals surface area contributed by atoms with Crippen molar-refractivity contribution in [1.29, 1.82) is 0 Å². The lowest BCUT2D eigenvalue weighted by molar-refractivity contribution is 0.929. The zero-order valence-corrected chi connectivity index (χ0v) is 11.6. The summed E-state index contributed by atoms with van der Waals surface area (Å²) in [4.78, 5) is 17.8. The first-order chi connectivity index (χ1) is 9.20. The second kappa shape index (κ2) is 6.59. The van der Waals surface area contributed by atoms with Gasteiger partial charge in [-0.15, -0.1) is 11.6 Å². The number of H-pyrrole nitrogens is 1. The molecule has 0 bridgehead atoms. The maximum atomic E-state index is 11.4. The summed E-state index contributed by atoms with van der Waals surface area (Å²) in [5, 5.41) is 3.08. The van der Waals surface area contributed by atoms with Crippen LogP contribution in [0.4, 0.5) is 11.5 Å². The molecule has 2 rings (SSSR count). The summed E-state index contributed by atoms with van der Waals surface area (Å²) in [5.74, 6) is 0.985. The Bertz CT molecular complexity index is 613. The summed E-state index contributed by atoms with van der Waals surface area (Å²) in [6.45, 7) is 0. The van der Waals surface area contributed by atoms with Crippen LogP contribution in [0.15, 0.2) is 35.4 Å². The normalized spacial score (nSPS) is 10.4. The Morgan fingerprint density at radius 3 is 3.00 bits per heavy atom. The van der Waals surface area contributed by atoms with Crippen LogP contribution in [0, 0.1) is 0 Å². The molecule has 1 aromatic carbocycles. The summed E-state index contributed by atoms with van der Waals surface area (Å²) in [6, 6.07) is 7.85. The minimum Gasteiger partial charge on any atom is -0.339 e. The molecule has 0 unspecified atom stereocenters. The molecule has 1 aromatic heterocycles. The average molecular weight is 298 g/mol. The number of hydrogen-bond donors (Lipinski definition) is 2. The predicted molar refractivity (Wildman–Crippen MR) is 78.6 cm³/mol. The molecular weight excluding hydrogens is 285 g/mol. The van der Waals surface area contributed by atoms with E-state index >= 15 is 0 Å². The Kier molecular flexibility index (Phi) is 4.82. The van der Waals surface area contributed by atoms with Crippen molar-refractivity contribution in [3.05, 3.63) is 51.5 Å². The van der Waals surface area contributed by atoms with Gasteiger partial charge in [0.1, 0.15) is 5.02 Å². The van der Waals surface area contributed by atoms with E-state index in [-0.39, 0.29) is 10.6 Å². The van der Waals surface area contributed by atoms with Gasteiger partial charge < -0.3 is 10.3 Å². The van der Waals surface area contributed by atoms with Gasteiger partial charge in [-0.1, -0.05) is 23.7 Å². The smallest absolute Gasteiger partial charge is 0.271 e. The number of benzene rings is 1. The summed E-state index contributed by atoms with van der Waals surface area (Å²) < 4.78 is 0. The molecular formula is C13H13Cl2N3O. The standard InChI is InChI=1S/C13H13Cl2N3O/c14-6-2-4-9-3-1-5-10(7-9)18-12-11(15)13(19)17-8-16-12/h1,3,5,7-8H,2,4,6H2,(H2,16,17,18,19). The number of anilines is 2. The quantitative estimate of drug-likeness (QED) is 0.832. The van der Waals surface area contributed by atoms with Crippen molar-refractivity contribution in [2.45, 2.75) is 12.8 Å². The van der Waals surface area contributed by atoms with Gasteiger partial charge in [0.2, 0.25) is 0 Å². The van der Waals surface area contributed by atoms with Crippen LogP contribution in [0.5, 0.6) is 0 Å². The van der Waals surface area contributed by atoms with Gasteiger partial charge in [0.15, 0.2) is 5.82 Å². The van der Waals surface area contributed by atoms with Crippen molar-refractivity contribution in [3.8, 4) is 0 Å². The lowest BCUT2D eigenvalue weighted by Gasteiger charge is -2.08. The number of rotatable bonds is 5. The van der Waals surface area contributed by atoms with Crippen LogP contribution in [0.1, 0.15) is 12.0 Å². The van der Waals surface area contributed by atoms with Gasteiger partial charge in [-0.3, -0.25) is 4.79 Å². The second-order valence-corrected chi connectivity index (χ2v) is 4.77. The molecule has 2 aromatic rings. The molecule has 2 N–H and O–H groups in total. The molecule has 0 saturated carbocycles. The van der Waals surface area contributed by atoms with E-state index in [0.717, 1.165) is 18.5 Å². The minimum absolute atomic E-state index is 0.0497. The topological polar surface area (TPSA) is 57.8 Å². The van der Waals surface area contributed by atoms with Crippen LogP contribution in [-0.2, 0) is 6.42 Å². The molecule has 0 amide bonds. The molecule has 0 atom stereocenters. The van der Waals surface area contributed by atoms with E-state index in [1.54, 1.807) is 0 Å². The lowest BCUT2D eigenvalue weighted by atomic mass is 10.1. The van der Waals surface area contributed by atoms with Crippen LogP contribution < -0.4 is 10.9 Å². The maximum absolute atomic E-state index is 11.4. The van der Waals surface area contributed by atoms with Crippen molar-refractivity contribution < 1.29 is 0 Å². The average Bonchev–Trinajstić information content (AvgIpc) is 2.42. The third-order valence-electron chi connectivity index (χ3n) is 2.59. The maximum Gasteiger partial charge on any atom is 0.271 e. The van der Waals surface area contributed by atoms with Gasteiger partial charge in [0, 0.05) is 11.6 Å². The molecule has 0 aliphatic carbocycles. The molecule has 0 aliphatic heterocycles. The SMILES string of the molecule is O=c1[nH]cnc(Nc2cccc(CCCCl)c2)c1Cl. The molecule has 4 nitrogen and oxygen atoms in total. The van der Waals surface area contributed by atoms with Crippen LogP contribution in [-0.4, -0.2) is 15.8 Å². The van der Waals surface area contributed by atoms with E-state index < -0.39 is 0 Å². The fraction of sp³-hybridized carbons (Fsp3) is 0.231. The third-order valence-corrected chi connectivity index (χ3v) is 3.20. The number of aromatic amines is 1. The number of nitrogens with one attached hydrogen (secondary N) is 2. The summed E-state index contributed by atoms with van der Waals surface area (Å²) in [5.41, 5.74) is 1.65. The van der Waals surface area contributed by atoms with E-state index in [1.165, 1.54) is 11.9 Å². The van der Waals surface area contributed by atoms with E-state index in [1.807, 2.05) is 24.3 Å². The Morgan fingerprint density at radius 2 is 2.21 bits per heavy atom. The lowest BCUT2D eigenvalue weighted by Crippen LogP contribution is -2.09. The predicted octanol–water partition coefficient (Wildman–Crippen LogP) is 3.34. The summed E-state index contributed by atoms with van der Waals surface area (Å²) in [7, 11) is 0. The molecule has 1 heterocycles. The largest absolute Gasteiger partial charge is 0.339 e. The number of nitrogens with zero attached hydrogens (tertiary/aromatic N) is 1. The molecule has 100 valence electrons. The first-order valence-corrected chi connectivity index (χ1v) is 6.77. The number of halogens is 2. The molecule has 0 aliphatic rings. The fourth-order valence-electron chi connectivity index (χ4n) is 1.68. The highest BCUT2D eigenvalue weighted by atomic mass is 35.5. The first kappa shape index (κ1) is 13.9. The fourth-order valence-corrected chi connectivity index (χ4v) is 1.97. The van der Waals surface area contributed by atoms with Crippen LogP contribution in [0.3, 0.4) is 0 Å². The van der Waals surface area contributed by atoms with Gasteiger partial charge in [0.05, 0.1) is 6.33 Å². The van der Waals surface area contributed by atoms with E-state index in [0.29, 0.717) is 11.7 Å². The zero-order chi connectivity index (χ0) is 13.7. The van der Waals surface area contributed by atoms with Gasteiger partial charge in [-0.05, 0) is 30.5 Å². The van der Waals surface area contributed by atoms with Crippen molar-refractivity contribution in [2.75, 3.05) is 11.2 Å². The highest BCUT2D eigenvalue weighted by molar-refractivity contribution is 6.32. The number of aromatic nitrogens is 2. The Labute approximate surface area is 120 Å². The number of alkyl halides is 1. The Morgan fingerprint density at radius 1 is 1.37 bits per heavy atom. The van der Waals surface area contributed by atoms with Crippen LogP contribution >= 0.6 is 23.2 Å². The number of hydrogen-bond acceptors (Lipinski definition) is 3. The Hall–Kier alpha value is -1.52. The highest BCUT2D eigenvalue weighted by Crippen LogP contribution is 2.20. The molecule has 6 heteroatoms. The van der Waals surface area contributed by atoms with Crippen LogP contribution in [0.2, 0.25) is 5.02 Å². The van der Waals surface area contributed by atoms with Gasteiger partial charge in [-0.2, -0.15) is 0 Å². The summed E-state index contributed by atoms with van der Waals surface area (Å²) >= 11 is 11.6. The third kappa shape index (κ3) is 3.72. The van der Waals surface area contributed by atoms with Crippen molar-refractivity contribution in [2.24, 2.45) is 0 Å². The second-order valence-electron chi connectivity index (χ2n) is 4.01. The van der Waals surface area contributed by atoms with Gasteiger partial charge in [0.25, 0.3) is 5.56 Å². The van der Waals surface area contributed by atoms with Crippen molar-refractivity contribution in [1.82, 2.24) is 9.97 Å². The molecule has 0 fully saturated rings. The summed E-state index contributed by atoms with van der Waals surface area (Å²) in [6.07, 6.45) is 3.15. The van der Waals surface area contributed by atoms with E-state index in [2.05, 4.69) is 15.3 Å². The monoisotopic (exact) mass is 297 g/mol. The van der Waals surface area contributed by atoms with Gasteiger partial charge in [-0.25, -0.2) is 4.98 Å². The first-order valence-electron chi connectivity index (χ1n) is 5.86. The highest BCUT2D eigenvalue weighted by Gasteiger charge is 2.06. The number of aryl methyl sites for hydroxylation is 1. The zero-order valence-electron chi connectivity index (χ0n) is 10.1. The minimum atomic E-state index is -0.363. The molecule has 0 saturated heterocycles. The van der Waals surface area contributed by atoms with Crippen molar-refractivity contribution >= 4 is 34.7 Å².